The summed E-state index contributed by atoms with van der Waals surface area (Å²) in [4.78, 5) is 0. The summed E-state index contributed by atoms with van der Waals surface area (Å²) in [5.74, 6) is 0.257. The minimum atomic E-state index is -3.09. The first-order chi connectivity index (χ1) is 9.39. The molecule has 0 spiro atoms. The summed E-state index contributed by atoms with van der Waals surface area (Å²) in [5, 5.41) is 0. The van der Waals surface area contributed by atoms with Crippen molar-refractivity contribution in [1.82, 2.24) is 0 Å². The summed E-state index contributed by atoms with van der Waals surface area (Å²) < 4.78 is 36.7. The third-order valence-electron chi connectivity index (χ3n) is 3.37. The highest BCUT2D eigenvalue weighted by Crippen LogP contribution is 2.32. The minimum absolute atomic E-state index is 0.0393. The number of hydrogen-bond acceptors (Lipinski definition) is 2. The van der Waals surface area contributed by atoms with Crippen molar-refractivity contribution in [2.45, 2.75) is 25.2 Å². The highest BCUT2D eigenvalue weighted by atomic mass is 35.5. The third-order valence-corrected chi connectivity index (χ3v) is 6.25. The molecule has 0 saturated heterocycles. The molecule has 0 atom stereocenters. The number of halogens is 3. The van der Waals surface area contributed by atoms with Crippen LogP contribution >= 0.6 is 23.2 Å². The highest BCUT2D eigenvalue weighted by molar-refractivity contribution is 7.91. The molecule has 0 aliphatic rings. The second-order valence-corrected chi connectivity index (χ2v) is 7.79. The Kier molecular flexibility index (Phi) is 6.76. The van der Waals surface area contributed by atoms with E-state index in [1.54, 1.807) is 12.1 Å². The predicted molar refractivity (Wildman–Crippen MR) is 83.1 cm³/mol. The van der Waals surface area contributed by atoms with Crippen molar-refractivity contribution in [3.8, 4) is 0 Å². The molecule has 0 radical (unpaired) electrons. The number of alkyl halides is 2. The van der Waals surface area contributed by atoms with Crippen LogP contribution in [0.3, 0.4) is 0 Å². The lowest BCUT2D eigenvalue weighted by molar-refractivity contribution is 0.509. The first-order valence-corrected chi connectivity index (χ1v) is 9.36. The SMILES string of the molecule is CCCS(=O)(=O)CCC(CCl)(CCl)c1ccc(F)cc1. The van der Waals surface area contributed by atoms with E-state index in [1.807, 2.05) is 6.92 Å². The van der Waals surface area contributed by atoms with Crippen molar-refractivity contribution in [2.75, 3.05) is 23.3 Å². The van der Waals surface area contributed by atoms with Gasteiger partial charge in [-0.2, -0.15) is 0 Å². The Bertz CT molecular complexity index is 510. The summed E-state index contributed by atoms with van der Waals surface area (Å²) in [6.45, 7) is 1.83. The van der Waals surface area contributed by atoms with Crippen LogP contribution in [0.4, 0.5) is 4.39 Å². The van der Waals surface area contributed by atoms with Crippen molar-refractivity contribution >= 4 is 33.0 Å². The number of rotatable bonds is 8. The zero-order valence-electron chi connectivity index (χ0n) is 11.4. The fourth-order valence-corrected chi connectivity index (χ4v) is 4.42. The molecule has 0 aromatic heterocycles. The molecule has 0 fully saturated rings. The van der Waals surface area contributed by atoms with Crippen molar-refractivity contribution < 1.29 is 12.8 Å². The van der Waals surface area contributed by atoms with Gasteiger partial charge in [0.2, 0.25) is 0 Å². The Hall–Kier alpha value is -0.320. The van der Waals surface area contributed by atoms with Crippen molar-refractivity contribution in [3.63, 3.8) is 0 Å². The monoisotopic (exact) mass is 340 g/mol. The fraction of sp³-hybridized carbons (Fsp3) is 0.571. The van der Waals surface area contributed by atoms with Crippen LogP contribution in [0.25, 0.3) is 0 Å². The van der Waals surface area contributed by atoms with Gasteiger partial charge in [0.1, 0.15) is 15.7 Å². The molecule has 114 valence electrons. The number of sulfone groups is 1. The maximum atomic E-state index is 13.0. The Morgan fingerprint density at radius 3 is 2.10 bits per heavy atom. The highest BCUT2D eigenvalue weighted by Gasteiger charge is 2.32. The number of benzene rings is 1. The molecule has 1 aromatic rings. The van der Waals surface area contributed by atoms with E-state index in [4.69, 9.17) is 23.2 Å². The molecular formula is C14H19Cl2FO2S. The molecule has 0 saturated carbocycles. The van der Waals surface area contributed by atoms with E-state index in [0.717, 1.165) is 5.56 Å². The van der Waals surface area contributed by atoms with Crippen molar-refractivity contribution in [1.29, 1.82) is 0 Å². The predicted octanol–water partition coefficient (Wildman–Crippen LogP) is 3.76. The van der Waals surface area contributed by atoms with Crippen LogP contribution in [0.15, 0.2) is 24.3 Å². The summed E-state index contributed by atoms with van der Waals surface area (Å²) in [6.07, 6.45) is 0.932. The molecule has 0 aliphatic carbocycles. The maximum absolute atomic E-state index is 13.0. The van der Waals surface area contributed by atoms with Gasteiger partial charge in [-0.1, -0.05) is 19.1 Å². The van der Waals surface area contributed by atoms with Gasteiger partial charge >= 0.3 is 0 Å². The molecule has 1 aromatic carbocycles. The average molecular weight is 341 g/mol. The normalized spacial score (nSPS) is 12.6. The van der Waals surface area contributed by atoms with Gasteiger partial charge in [0, 0.05) is 22.9 Å². The first kappa shape index (κ1) is 17.7. The molecule has 20 heavy (non-hydrogen) atoms. The van der Waals surface area contributed by atoms with E-state index >= 15 is 0 Å². The first-order valence-electron chi connectivity index (χ1n) is 6.47. The average Bonchev–Trinajstić information content (AvgIpc) is 2.42. The number of hydrogen-bond donors (Lipinski definition) is 0. The second kappa shape index (κ2) is 7.62. The molecule has 6 heteroatoms. The van der Waals surface area contributed by atoms with Crippen LogP contribution in [0.1, 0.15) is 25.3 Å². The van der Waals surface area contributed by atoms with Crippen LogP contribution < -0.4 is 0 Å². The van der Waals surface area contributed by atoms with Crippen LogP contribution in [0.5, 0.6) is 0 Å². The molecular weight excluding hydrogens is 322 g/mol. The van der Waals surface area contributed by atoms with Gasteiger partial charge in [0.25, 0.3) is 0 Å². The zero-order valence-corrected chi connectivity index (χ0v) is 13.7. The summed E-state index contributed by atoms with van der Waals surface area (Å²) in [7, 11) is -3.09. The molecule has 0 amide bonds. The van der Waals surface area contributed by atoms with Crippen molar-refractivity contribution in [3.05, 3.63) is 35.6 Å². The second-order valence-electron chi connectivity index (χ2n) is 4.96. The van der Waals surface area contributed by atoms with Gasteiger partial charge in [0.15, 0.2) is 0 Å². The third kappa shape index (κ3) is 4.61. The van der Waals surface area contributed by atoms with Gasteiger partial charge in [0.05, 0.1) is 5.75 Å². The molecule has 0 aliphatic heterocycles. The van der Waals surface area contributed by atoms with E-state index < -0.39 is 15.3 Å². The largest absolute Gasteiger partial charge is 0.229 e. The fourth-order valence-electron chi connectivity index (χ4n) is 2.04. The van der Waals surface area contributed by atoms with Gasteiger partial charge in [-0.05, 0) is 30.5 Å². The zero-order chi connectivity index (χ0) is 15.2. The van der Waals surface area contributed by atoms with Crippen LogP contribution in [0.2, 0.25) is 0 Å². The Morgan fingerprint density at radius 1 is 1.10 bits per heavy atom. The topological polar surface area (TPSA) is 34.1 Å². The maximum Gasteiger partial charge on any atom is 0.150 e. The lowest BCUT2D eigenvalue weighted by Crippen LogP contribution is -2.33. The van der Waals surface area contributed by atoms with E-state index in [2.05, 4.69) is 0 Å². The van der Waals surface area contributed by atoms with E-state index in [-0.39, 0.29) is 29.1 Å². The quantitative estimate of drug-likeness (QED) is 0.675. The van der Waals surface area contributed by atoms with Crippen LogP contribution in [0, 0.1) is 5.82 Å². The van der Waals surface area contributed by atoms with Crippen LogP contribution in [-0.4, -0.2) is 31.7 Å². The van der Waals surface area contributed by atoms with Crippen LogP contribution in [-0.2, 0) is 15.3 Å². The summed E-state index contributed by atoms with van der Waals surface area (Å²) in [5.41, 5.74) is 0.132. The van der Waals surface area contributed by atoms with Gasteiger partial charge in [-0.3, -0.25) is 0 Å². The van der Waals surface area contributed by atoms with E-state index in [0.29, 0.717) is 12.8 Å². The molecule has 0 unspecified atom stereocenters. The Labute approximate surface area is 130 Å². The van der Waals surface area contributed by atoms with E-state index in [9.17, 15) is 12.8 Å². The lowest BCUT2D eigenvalue weighted by atomic mass is 9.82. The molecule has 0 N–H and O–H groups in total. The molecule has 1 rings (SSSR count). The van der Waals surface area contributed by atoms with Gasteiger partial charge in [-0.25, -0.2) is 12.8 Å². The standard InChI is InChI=1S/C14H19Cl2FO2S/c1-2-8-20(18,19)9-7-14(10-15,11-16)12-3-5-13(17)6-4-12/h3-6H,2,7-11H2,1H3. The van der Waals surface area contributed by atoms with E-state index in [1.165, 1.54) is 12.1 Å². The molecule has 0 bridgehead atoms. The van der Waals surface area contributed by atoms with Gasteiger partial charge in [-0.15, -0.1) is 23.2 Å². The minimum Gasteiger partial charge on any atom is -0.229 e. The molecule has 2 nitrogen and oxygen atoms in total. The summed E-state index contributed by atoms with van der Waals surface area (Å²) in [6, 6.07) is 5.91. The Balaban J connectivity index is 2.95. The molecule has 0 heterocycles. The smallest absolute Gasteiger partial charge is 0.150 e. The summed E-state index contributed by atoms with van der Waals surface area (Å²) >= 11 is 12.1. The van der Waals surface area contributed by atoms with Gasteiger partial charge < -0.3 is 0 Å². The lowest BCUT2D eigenvalue weighted by Gasteiger charge is -2.30. The van der Waals surface area contributed by atoms with Crippen molar-refractivity contribution in [2.24, 2.45) is 0 Å². The Morgan fingerprint density at radius 2 is 1.65 bits per heavy atom.